The molecule has 1 aliphatic rings. The topological polar surface area (TPSA) is 98.8 Å². The zero-order chi connectivity index (χ0) is 21.3. The molecule has 0 radical (unpaired) electrons. The minimum absolute atomic E-state index is 0.00665. The fourth-order valence-electron chi connectivity index (χ4n) is 2.99. The number of amides is 2. The first-order valence-electron chi connectivity index (χ1n) is 8.72. The van der Waals surface area contributed by atoms with Crippen LogP contribution >= 0.6 is 11.8 Å². The largest absolute Gasteiger partial charge is 0.493 e. The first kappa shape index (κ1) is 20.0. The number of hydrogen-bond donors (Lipinski definition) is 1. The van der Waals surface area contributed by atoms with Crippen molar-refractivity contribution in [2.75, 3.05) is 7.11 Å². The van der Waals surface area contributed by atoms with E-state index in [1.807, 2.05) is 18.2 Å². The molecule has 1 heterocycles. The molecule has 30 heavy (non-hydrogen) atoms. The molecule has 0 unspecified atom stereocenters. The fraction of sp³-hybridized carbons (Fsp3) is 0.0476. The average Bonchev–Trinajstić information content (AvgIpc) is 3.05. The molecule has 0 aromatic heterocycles. The van der Waals surface area contributed by atoms with Crippen LogP contribution in [0.2, 0.25) is 0 Å². The Kier molecular flexibility index (Phi) is 5.23. The van der Waals surface area contributed by atoms with Gasteiger partial charge in [0, 0.05) is 5.39 Å². The number of nitrogens with one attached hydrogen (secondary N) is 1. The van der Waals surface area contributed by atoms with Gasteiger partial charge in [-0.2, -0.15) is 8.42 Å². The highest BCUT2D eigenvalue weighted by Gasteiger charge is 2.25. The van der Waals surface area contributed by atoms with E-state index in [4.69, 9.17) is 8.92 Å². The molecule has 152 valence electrons. The summed E-state index contributed by atoms with van der Waals surface area (Å²) in [5.74, 6) is -0.307. The summed E-state index contributed by atoms with van der Waals surface area (Å²) in [6.45, 7) is 0. The van der Waals surface area contributed by atoms with E-state index in [9.17, 15) is 18.0 Å². The summed E-state index contributed by atoms with van der Waals surface area (Å²) in [6.07, 6.45) is 1.51. The lowest BCUT2D eigenvalue weighted by atomic mass is 10.1. The van der Waals surface area contributed by atoms with Crippen molar-refractivity contribution in [3.05, 3.63) is 71.1 Å². The molecule has 1 aliphatic heterocycles. The smallest absolute Gasteiger partial charge is 0.339 e. The minimum Gasteiger partial charge on any atom is -0.493 e. The third kappa shape index (κ3) is 3.89. The van der Waals surface area contributed by atoms with Gasteiger partial charge in [0.1, 0.15) is 4.90 Å². The summed E-state index contributed by atoms with van der Waals surface area (Å²) in [5, 5.41) is 3.05. The van der Waals surface area contributed by atoms with E-state index >= 15 is 0 Å². The van der Waals surface area contributed by atoms with Crippen molar-refractivity contribution in [3.63, 3.8) is 0 Å². The van der Waals surface area contributed by atoms with Crippen LogP contribution in [0.5, 0.6) is 11.5 Å². The highest BCUT2D eigenvalue weighted by Crippen LogP contribution is 2.34. The molecular formula is C21H15NO6S2. The van der Waals surface area contributed by atoms with Crippen molar-refractivity contribution in [1.29, 1.82) is 0 Å². The summed E-state index contributed by atoms with van der Waals surface area (Å²) in [7, 11) is -2.75. The quantitative estimate of drug-likeness (QED) is 0.473. The third-order valence-electron chi connectivity index (χ3n) is 4.35. The Bertz CT molecular complexity index is 1310. The van der Waals surface area contributed by atoms with Gasteiger partial charge in [0.05, 0.1) is 12.0 Å². The minimum atomic E-state index is -4.13. The van der Waals surface area contributed by atoms with Crippen LogP contribution in [0.4, 0.5) is 4.79 Å². The summed E-state index contributed by atoms with van der Waals surface area (Å²) in [6, 6.07) is 16.6. The predicted octanol–water partition coefficient (Wildman–Crippen LogP) is 3.94. The number of fused-ring (bicyclic) bond motifs is 1. The van der Waals surface area contributed by atoms with Gasteiger partial charge in [-0.05, 0) is 47.0 Å². The highest BCUT2D eigenvalue weighted by atomic mass is 32.2. The van der Waals surface area contributed by atoms with Crippen LogP contribution in [0.25, 0.3) is 16.8 Å². The number of imide groups is 1. The molecule has 0 atom stereocenters. The van der Waals surface area contributed by atoms with Crippen molar-refractivity contribution in [2.45, 2.75) is 4.90 Å². The van der Waals surface area contributed by atoms with Crippen molar-refractivity contribution >= 4 is 49.9 Å². The summed E-state index contributed by atoms with van der Waals surface area (Å²) in [4.78, 5) is 23.3. The molecule has 2 amide bonds. The molecule has 0 aliphatic carbocycles. The van der Waals surface area contributed by atoms with Crippen LogP contribution in [0, 0.1) is 0 Å². The number of carbonyl (C=O) groups is 2. The fourth-order valence-corrected chi connectivity index (χ4v) is 4.84. The molecule has 0 spiro atoms. The number of hydrogen-bond acceptors (Lipinski definition) is 7. The molecule has 3 aromatic carbocycles. The normalized spacial score (nSPS) is 15.4. The molecule has 1 fully saturated rings. The van der Waals surface area contributed by atoms with Gasteiger partial charge in [-0.1, -0.05) is 42.5 Å². The molecule has 1 saturated heterocycles. The second kappa shape index (κ2) is 7.85. The van der Waals surface area contributed by atoms with E-state index < -0.39 is 21.3 Å². The van der Waals surface area contributed by atoms with E-state index in [2.05, 4.69) is 5.32 Å². The maximum atomic E-state index is 12.9. The Hall–Kier alpha value is -3.30. The van der Waals surface area contributed by atoms with Gasteiger partial charge in [0.25, 0.3) is 11.1 Å². The maximum absolute atomic E-state index is 12.9. The van der Waals surface area contributed by atoms with Crippen molar-refractivity contribution in [1.82, 2.24) is 5.32 Å². The number of benzene rings is 3. The Morgan fingerprint density at radius 1 is 0.967 bits per heavy atom. The molecule has 3 aromatic rings. The molecule has 9 heteroatoms. The second-order valence-corrected chi connectivity index (χ2v) is 8.81. The zero-order valence-corrected chi connectivity index (χ0v) is 17.2. The molecular weight excluding hydrogens is 426 g/mol. The number of thioether (sulfide) groups is 1. The number of carbonyl (C=O) groups excluding carboxylic acids is 2. The zero-order valence-electron chi connectivity index (χ0n) is 15.6. The number of rotatable bonds is 5. The van der Waals surface area contributed by atoms with E-state index in [1.54, 1.807) is 24.3 Å². The summed E-state index contributed by atoms with van der Waals surface area (Å²) >= 11 is 0.788. The van der Waals surface area contributed by atoms with Gasteiger partial charge >= 0.3 is 10.1 Å². The molecule has 1 N–H and O–H groups in total. The monoisotopic (exact) mass is 441 g/mol. The summed E-state index contributed by atoms with van der Waals surface area (Å²) < 4.78 is 36.5. The first-order valence-corrected chi connectivity index (χ1v) is 10.9. The maximum Gasteiger partial charge on any atom is 0.339 e. The summed E-state index contributed by atoms with van der Waals surface area (Å²) in [5.41, 5.74) is 0.550. The van der Waals surface area contributed by atoms with Crippen molar-refractivity contribution in [2.24, 2.45) is 0 Å². The average molecular weight is 441 g/mol. The van der Waals surface area contributed by atoms with Crippen LogP contribution in [0.3, 0.4) is 0 Å². The van der Waals surface area contributed by atoms with Crippen LogP contribution in [0.1, 0.15) is 5.56 Å². The van der Waals surface area contributed by atoms with Crippen LogP contribution in [-0.2, 0) is 14.9 Å². The van der Waals surface area contributed by atoms with Crippen molar-refractivity contribution < 1.29 is 26.9 Å². The van der Waals surface area contributed by atoms with E-state index in [0.717, 1.165) is 17.1 Å². The molecule has 7 nitrogen and oxygen atoms in total. The second-order valence-electron chi connectivity index (χ2n) is 6.28. The Labute approximate surface area is 176 Å². The van der Waals surface area contributed by atoms with E-state index in [-0.39, 0.29) is 21.3 Å². The molecule has 0 saturated carbocycles. The first-order chi connectivity index (χ1) is 14.4. The number of ether oxygens (including phenoxy) is 1. The Balaban J connectivity index is 1.68. The lowest BCUT2D eigenvalue weighted by Gasteiger charge is -2.13. The van der Waals surface area contributed by atoms with Gasteiger partial charge in [0.2, 0.25) is 0 Å². The van der Waals surface area contributed by atoms with E-state index in [0.29, 0.717) is 10.9 Å². The Morgan fingerprint density at radius 2 is 1.73 bits per heavy atom. The SMILES string of the molecule is COc1cc(/C=C2/SC(=O)NC2=O)ccc1OS(=O)(=O)c1cccc2ccccc12. The van der Waals surface area contributed by atoms with Crippen LogP contribution < -0.4 is 14.2 Å². The molecule has 4 rings (SSSR count). The predicted molar refractivity (Wildman–Crippen MR) is 114 cm³/mol. The Morgan fingerprint density at radius 3 is 2.47 bits per heavy atom. The van der Waals surface area contributed by atoms with Gasteiger partial charge in [-0.3, -0.25) is 14.9 Å². The van der Waals surface area contributed by atoms with Gasteiger partial charge in [-0.25, -0.2) is 0 Å². The van der Waals surface area contributed by atoms with Gasteiger partial charge in [-0.15, -0.1) is 0 Å². The van der Waals surface area contributed by atoms with Crippen LogP contribution in [0.15, 0.2) is 70.5 Å². The van der Waals surface area contributed by atoms with E-state index in [1.165, 1.54) is 31.4 Å². The number of methoxy groups -OCH3 is 1. The third-order valence-corrected chi connectivity index (χ3v) is 6.45. The molecule has 0 bridgehead atoms. The highest BCUT2D eigenvalue weighted by molar-refractivity contribution is 8.18. The lowest BCUT2D eigenvalue weighted by molar-refractivity contribution is -0.115. The lowest BCUT2D eigenvalue weighted by Crippen LogP contribution is -2.17. The standard InChI is InChI=1S/C21H15NO6S2/c1-27-17-11-13(12-18-20(23)22-21(24)29-18)9-10-16(17)28-30(25,26)19-8-4-6-14-5-2-3-7-15(14)19/h2-12H,1H3,(H,22,23,24)/b18-12+. The van der Waals surface area contributed by atoms with Gasteiger partial charge in [0.15, 0.2) is 11.5 Å². The van der Waals surface area contributed by atoms with Crippen LogP contribution in [-0.4, -0.2) is 26.7 Å². The van der Waals surface area contributed by atoms with Gasteiger partial charge < -0.3 is 8.92 Å². The van der Waals surface area contributed by atoms with Crippen molar-refractivity contribution in [3.8, 4) is 11.5 Å².